The van der Waals surface area contributed by atoms with Crippen LogP contribution in [0.15, 0.2) is 42.7 Å². The summed E-state index contributed by atoms with van der Waals surface area (Å²) in [4.78, 5) is 17.7. The van der Waals surface area contributed by atoms with Crippen LogP contribution in [-0.2, 0) is 12.1 Å². The van der Waals surface area contributed by atoms with Crippen LogP contribution in [-0.4, -0.2) is 29.6 Å². The second-order valence-corrected chi connectivity index (χ2v) is 10.2. The van der Waals surface area contributed by atoms with Crippen molar-refractivity contribution in [2.24, 2.45) is 11.8 Å². The predicted molar refractivity (Wildman–Crippen MR) is 134 cm³/mol. The number of imidazole rings is 1. The number of hydrogen-bond acceptors (Lipinski definition) is 6. The van der Waals surface area contributed by atoms with Gasteiger partial charge in [0.1, 0.15) is 34.5 Å². The van der Waals surface area contributed by atoms with E-state index in [1.807, 2.05) is 10.6 Å². The second-order valence-electron chi connectivity index (χ2n) is 9.80. The maximum Gasteiger partial charge on any atom is 0.234 e. The van der Waals surface area contributed by atoms with Gasteiger partial charge in [0.2, 0.25) is 5.82 Å². The monoisotopic (exact) mass is 504 g/mol. The zero-order valence-electron chi connectivity index (χ0n) is 20.1. The van der Waals surface area contributed by atoms with Crippen LogP contribution in [0.2, 0.25) is 5.02 Å². The molecule has 3 aromatic heterocycles. The molecule has 1 aliphatic rings. The maximum absolute atomic E-state index is 14.9. The number of aliphatic hydroxyl groups is 1. The number of hydrogen-bond donors (Lipinski definition) is 1. The summed E-state index contributed by atoms with van der Waals surface area (Å²) in [6, 6.07) is 9.83. The van der Waals surface area contributed by atoms with Gasteiger partial charge in [-0.05, 0) is 43.7 Å². The van der Waals surface area contributed by atoms with Crippen LogP contribution < -0.4 is 0 Å². The van der Waals surface area contributed by atoms with Crippen molar-refractivity contribution in [2.75, 3.05) is 0 Å². The Bertz CT molecular complexity index is 1470. The minimum absolute atomic E-state index is 0.0642. The van der Waals surface area contributed by atoms with Crippen LogP contribution in [0.25, 0.3) is 22.4 Å². The molecule has 0 spiro atoms. The van der Waals surface area contributed by atoms with E-state index in [0.29, 0.717) is 40.2 Å². The van der Waals surface area contributed by atoms with Crippen molar-refractivity contribution in [3.8, 4) is 17.3 Å². The number of halogens is 2. The lowest BCUT2D eigenvalue weighted by Gasteiger charge is -2.30. The minimum Gasteiger partial charge on any atom is -0.377 e. The van der Waals surface area contributed by atoms with Crippen molar-refractivity contribution in [3.63, 3.8) is 0 Å². The third-order valence-corrected chi connectivity index (χ3v) is 7.30. The standard InChI is InChI=1S/C27H26ClFN6O/c1-16-7-9-17(10-8-16)15-35-24-23(18-11-19(28)14-31-13-18)32-22(12-30)33-25(24)34-26(35)27(2,36)20-5-3-4-6-21(20)29/h3-6,11,13-14,16-17,36H,7-10,15H2,1-2H3. The van der Waals surface area contributed by atoms with E-state index in [9.17, 15) is 14.8 Å². The highest BCUT2D eigenvalue weighted by atomic mass is 35.5. The van der Waals surface area contributed by atoms with E-state index < -0.39 is 11.4 Å². The molecule has 0 amide bonds. The fourth-order valence-electron chi connectivity index (χ4n) is 5.12. The van der Waals surface area contributed by atoms with E-state index in [1.165, 1.54) is 19.2 Å². The molecule has 4 aromatic rings. The summed E-state index contributed by atoms with van der Waals surface area (Å²) < 4.78 is 16.8. The molecule has 1 aromatic carbocycles. The fraction of sp³-hybridized carbons (Fsp3) is 0.370. The molecule has 0 radical (unpaired) electrons. The summed E-state index contributed by atoms with van der Waals surface area (Å²) in [6.07, 6.45) is 7.44. The first kappa shape index (κ1) is 24.3. The van der Waals surface area contributed by atoms with Gasteiger partial charge >= 0.3 is 0 Å². The van der Waals surface area contributed by atoms with Crippen molar-refractivity contribution in [1.29, 1.82) is 5.26 Å². The lowest BCUT2D eigenvalue weighted by atomic mass is 9.83. The molecule has 1 unspecified atom stereocenters. The zero-order chi connectivity index (χ0) is 25.4. The Kier molecular flexibility index (Phi) is 6.45. The van der Waals surface area contributed by atoms with Gasteiger partial charge in [0, 0.05) is 30.1 Å². The maximum atomic E-state index is 14.9. The number of benzene rings is 1. The molecule has 3 heterocycles. The van der Waals surface area contributed by atoms with E-state index in [-0.39, 0.29) is 22.9 Å². The fourth-order valence-corrected chi connectivity index (χ4v) is 5.30. The molecule has 0 saturated heterocycles. The van der Waals surface area contributed by atoms with Crippen molar-refractivity contribution < 1.29 is 9.50 Å². The van der Waals surface area contributed by atoms with Crippen LogP contribution in [0, 0.1) is 29.0 Å². The topological polar surface area (TPSA) is 101 Å². The van der Waals surface area contributed by atoms with Gasteiger partial charge in [-0.15, -0.1) is 0 Å². The molecule has 1 fully saturated rings. The summed E-state index contributed by atoms with van der Waals surface area (Å²) in [6.45, 7) is 4.35. The van der Waals surface area contributed by atoms with E-state index in [1.54, 1.807) is 30.5 Å². The summed E-state index contributed by atoms with van der Waals surface area (Å²) >= 11 is 6.23. The quantitative estimate of drug-likeness (QED) is 0.377. The average Bonchev–Trinajstić information content (AvgIpc) is 3.24. The Morgan fingerprint density at radius 1 is 1.17 bits per heavy atom. The Morgan fingerprint density at radius 3 is 2.61 bits per heavy atom. The summed E-state index contributed by atoms with van der Waals surface area (Å²) in [5.41, 5.74) is 0.208. The number of fused-ring (bicyclic) bond motifs is 1. The van der Waals surface area contributed by atoms with E-state index in [4.69, 9.17) is 16.6 Å². The van der Waals surface area contributed by atoms with Crippen LogP contribution in [0.5, 0.6) is 0 Å². The number of nitrogens with zero attached hydrogens (tertiary/aromatic N) is 6. The number of rotatable bonds is 5. The van der Waals surface area contributed by atoms with Crippen LogP contribution in [0.3, 0.4) is 0 Å². The van der Waals surface area contributed by atoms with Crippen molar-refractivity contribution >= 4 is 22.8 Å². The molecule has 0 aliphatic heterocycles. The van der Waals surface area contributed by atoms with E-state index in [0.717, 1.165) is 25.7 Å². The Hall–Kier alpha value is -3.41. The van der Waals surface area contributed by atoms with Crippen LogP contribution >= 0.6 is 11.6 Å². The van der Waals surface area contributed by atoms with Gasteiger partial charge in [0.25, 0.3) is 0 Å². The third-order valence-electron chi connectivity index (χ3n) is 7.09. The second kappa shape index (κ2) is 9.57. The molecular formula is C27H26ClFN6O. The van der Waals surface area contributed by atoms with Gasteiger partial charge in [-0.1, -0.05) is 49.6 Å². The van der Waals surface area contributed by atoms with Crippen LogP contribution in [0.4, 0.5) is 4.39 Å². The smallest absolute Gasteiger partial charge is 0.234 e. The molecule has 1 atom stereocenters. The lowest BCUT2D eigenvalue weighted by Crippen LogP contribution is -2.30. The first-order chi connectivity index (χ1) is 17.3. The molecule has 1 N–H and O–H groups in total. The first-order valence-corrected chi connectivity index (χ1v) is 12.4. The summed E-state index contributed by atoms with van der Waals surface area (Å²) in [5.74, 6) is 0.675. The molecular weight excluding hydrogens is 479 g/mol. The Balaban J connectivity index is 1.78. The average molecular weight is 505 g/mol. The van der Waals surface area contributed by atoms with Crippen molar-refractivity contribution in [2.45, 2.75) is 51.7 Å². The number of pyridine rings is 1. The molecule has 1 aliphatic carbocycles. The molecule has 184 valence electrons. The highest BCUT2D eigenvalue weighted by Crippen LogP contribution is 2.38. The molecule has 1 saturated carbocycles. The highest BCUT2D eigenvalue weighted by molar-refractivity contribution is 6.30. The van der Waals surface area contributed by atoms with E-state index >= 15 is 0 Å². The lowest BCUT2D eigenvalue weighted by molar-refractivity contribution is 0.0826. The third kappa shape index (κ3) is 4.45. The summed E-state index contributed by atoms with van der Waals surface area (Å²) in [5, 5.41) is 21.8. The SMILES string of the molecule is CC1CCC(Cn2c(C(C)(O)c3ccccc3F)nc3nc(C#N)nc(-c4cncc(Cl)c4)c32)CC1. The number of aromatic nitrogens is 5. The highest BCUT2D eigenvalue weighted by Gasteiger charge is 2.36. The largest absolute Gasteiger partial charge is 0.377 e. The molecule has 5 rings (SSSR count). The number of nitriles is 1. The van der Waals surface area contributed by atoms with Gasteiger partial charge in [-0.2, -0.15) is 10.2 Å². The van der Waals surface area contributed by atoms with Crippen LogP contribution in [0.1, 0.15) is 56.7 Å². The normalized spacial score (nSPS) is 19.7. The van der Waals surface area contributed by atoms with Gasteiger partial charge in [0.15, 0.2) is 5.65 Å². The zero-order valence-corrected chi connectivity index (χ0v) is 20.9. The van der Waals surface area contributed by atoms with Gasteiger partial charge in [-0.25, -0.2) is 14.4 Å². The Morgan fingerprint density at radius 2 is 1.92 bits per heavy atom. The summed E-state index contributed by atoms with van der Waals surface area (Å²) in [7, 11) is 0. The molecule has 9 heteroatoms. The predicted octanol–water partition coefficient (Wildman–Crippen LogP) is 5.63. The first-order valence-electron chi connectivity index (χ1n) is 12.0. The molecule has 36 heavy (non-hydrogen) atoms. The molecule has 0 bridgehead atoms. The van der Waals surface area contributed by atoms with Crippen molar-refractivity contribution in [3.05, 3.63) is 70.8 Å². The van der Waals surface area contributed by atoms with Gasteiger partial charge in [-0.3, -0.25) is 4.98 Å². The molecule has 7 nitrogen and oxygen atoms in total. The van der Waals surface area contributed by atoms with E-state index in [2.05, 4.69) is 21.9 Å². The minimum atomic E-state index is -1.76. The van der Waals surface area contributed by atoms with Gasteiger partial charge < -0.3 is 9.67 Å². The van der Waals surface area contributed by atoms with Crippen molar-refractivity contribution in [1.82, 2.24) is 24.5 Å². The Labute approximate surface area is 213 Å². The van der Waals surface area contributed by atoms with Gasteiger partial charge in [0.05, 0.1) is 5.02 Å².